The molecule has 2 N–H and O–H groups in total. The lowest BCUT2D eigenvalue weighted by Crippen LogP contribution is -2.35. The third-order valence-corrected chi connectivity index (χ3v) is 4.59. The van der Waals surface area contributed by atoms with E-state index < -0.39 is 35.5 Å². The van der Waals surface area contributed by atoms with Crippen LogP contribution in [0, 0.1) is 6.92 Å². The fraction of sp³-hybridized carbons (Fsp3) is 0.263. The molecule has 31 heavy (non-hydrogen) atoms. The minimum Gasteiger partial charge on any atom is -0.399 e. The molecular formula is C19H14F8N4. The molecule has 1 heterocycles. The highest BCUT2D eigenvalue weighted by Crippen LogP contribution is 2.43. The maximum absolute atomic E-state index is 13.8. The lowest BCUT2D eigenvalue weighted by Gasteiger charge is -2.15. The van der Waals surface area contributed by atoms with Crippen molar-refractivity contribution >= 4 is 5.69 Å². The highest BCUT2D eigenvalue weighted by molar-refractivity contribution is 5.57. The minimum atomic E-state index is -5.95. The third kappa shape index (κ3) is 4.32. The number of hydrogen-bond acceptors (Lipinski definition) is 3. The van der Waals surface area contributed by atoms with Crippen molar-refractivity contribution in [1.82, 2.24) is 14.8 Å². The first-order valence-corrected chi connectivity index (χ1v) is 8.63. The summed E-state index contributed by atoms with van der Waals surface area (Å²) in [5.74, 6) is -7.62. The van der Waals surface area contributed by atoms with Gasteiger partial charge in [0.05, 0.1) is 12.1 Å². The number of alkyl halides is 8. The number of anilines is 1. The summed E-state index contributed by atoms with van der Waals surface area (Å²) < 4.78 is 105. The number of nitrogen functional groups attached to an aromatic ring is 1. The van der Waals surface area contributed by atoms with Crippen molar-refractivity contribution in [2.75, 3.05) is 5.73 Å². The van der Waals surface area contributed by atoms with Crippen molar-refractivity contribution in [2.24, 2.45) is 0 Å². The molecule has 0 saturated carbocycles. The van der Waals surface area contributed by atoms with E-state index in [1.165, 1.54) is 0 Å². The highest BCUT2D eigenvalue weighted by Gasteiger charge is 2.62. The summed E-state index contributed by atoms with van der Waals surface area (Å²) in [6, 6.07) is 7.86. The molecule has 2 aromatic carbocycles. The molecule has 0 saturated heterocycles. The van der Waals surface area contributed by atoms with E-state index in [-0.39, 0.29) is 12.1 Å². The van der Waals surface area contributed by atoms with Gasteiger partial charge in [0.1, 0.15) is 0 Å². The van der Waals surface area contributed by atoms with Crippen LogP contribution < -0.4 is 5.73 Å². The van der Waals surface area contributed by atoms with E-state index in [4.69, 9.17) is 5.73 Å². The molecule has 3 aromatic rings. The van der Waals surface area contributed by atoms with E-state index in [0.717, 1.165) is 16.8 Å². The van der Waals surface area contributed by atoms with E-state index >= 15 is 0 Å². The molecule has 0 atom stereocenters. The van der Waals surface area contributed by atoms with Crippen LogP contribution in [-0.2, 0) is 18.6 Å². The number of rotatable bonds is 4. The van der Waals surface area contributed by atoms with Crippen LogP contribution in [0.1, 0.15) is 22.5 Å². The number of hydrogen-bond donors (Lipinski definition) is 1. The molecule has 0 amide bonds. The standard InChI is InChI=1S/C19H14F8N4/c1-10-12(3-2-4-14(10)28)9-31-15(11-5-7-13(8-6-11)18(22,23)24)29-16(30-31)17(20,21)19(25,26)27/h2-8H,9,28H2,1H3. The molecule has 0 aliphatic rings. The van der Waals surface area contributed by atoms with E-state index in [1.54, 1.807) is 25.1 Å². The van der Waals surface area contributed by atoms with Gasteiger partial charge in [0.2, 0.25) is 5.82 Å². The Morgan fingerprint density at radius 2 is 1.52 bits per heavy atom. The van der Waals surface area contributed by atoms with Crippen LogP contribution in [0.25, 0.3) is 11.4 Å². The zero-order valence-corrected chi connectivity index (χ0v) is 15.7. The van der Waals surface area contributed by atoms with Crippen LogP contribution >= 0.6 is 0 Å². The molecule has 1 aromatic heterocycles. The van der Waals surface area contributed by atoms with Gasteiger partial charge < -0.3 is 5.73 Å². The van der Waals surface area contributed by atoms with Gasteiger partial charge in [0, 0.05) is 11.3 Å². The summed E-state index contributed by atoms with van der Waals surface area (Å²) >= 11 is 0. The van der Waals surface area contributed by atoms with Crippen molar-refractivity contribution in [2.45, 2.75) is 31.7 Å². The Labute approximate surface area is 170 Å². The second-order valence-electron chi connectivity index (χ2n) is 6.70. The number of nitrogens with zero attached hydrogens (tertiary/aromatic N) is 3. The lowest BCUT2D eigenvalue weighted by molar-refractivity contribution is -0.292. The number of nitrogens with two attached hydrogens (primary N) is 1. The number of aromatic nitrogens is 3. The van der Waals surface area contributed by atoms with Gasteiger partial charge in [-0.2, -0.15) is 35.1 Å². The van der Waals surface area contributed by atoms with Crippen molar-refractivity contribution < 1.29 is 35.1 Å². The van der Waals surface area contributed by atoms with Gasteiger partial charge in [-0.05, 0) is 36.2 Å². The van der Waals surface area contributed by atoms with Gasteiger partial charge in [-0.1, -0.05) is 24.3 Å². The molecular weight excluding hydrogens is 436 g/mol. The summed E-state index contributed by atoms with van der Waals surface area (Å²) in [5.41, 5.74) is 6.01. The molecule has 166 valence electrons. The van der Waals surface area contributed by atoms with Gasteiger partial charge in [0.25, 0.3) is 0 Å². The third-order valence-electron chi connectivity index (χ3n) is 4.59. The van der Waals surface area contributed by atoms with Crippen molar-refractivity contribution in [1.29, 1.82) is 0 Å². The first kappa shape index (κ1) is 22.5. The monoisotopic (exact) mass is 450 g/mol. The Bertz CT molecular complexity index is 1080. The largest absolute Gasteiger partial charge is 0.461 e. The normalized spacial score (nSPS) is 12.9. The van der Waals surface area contributed by atoms with Gasteiger partial charge >= 0.3 is 18.3 Å². The SMILES string of the molecule is Cc1c(N)cccc1Cn1nc(C(F)(F)C(F)(F)F)nc1-c1ccc(C(F)(F)F)cc1. The molecule has 0 unspecified atom stereocenters. The first-order chi connectivity index (χ1) is 14.2. The molecule has 0 aliphatic carbocycles. The fourth-order valence-corrected chi connectivity index (χ4v) is 2.77. The van der Waals surface area contributed by atoms with Gasteiger partial charge in [-0.15, -0.1) is 5.10 Å². The number of halogens is 8. The van der Waals surface area contributed by atoms with E-state index in [0.29, 0.717) is 28.9 Å². The Balaban J connectivity index is 2.13. The fourth-order valence-electron chi connectivity index (χ4n) is 2.77. The average molecular weight is 450 g/mol. The van der Waals surface area contributed by atoms with Crippen molar-refractivity contribution in [3.8, 4) is 11.4 Å². The molecule has 0 aliphatic heterocycles. The van der Waals surface area contributed by atoms with Crippen LogP contribution in [0.15, 0.2) is 42.5 Å². The zero-order valence-electron chi connectivity index (χ0n) is 15.7. The second-order valence-corrected chi connectivity index (χ2v) is 6.70. The van der Waals surface area contributed by atoms with E-state index in [1.807, 2.05) is 0 Å². The molecule has 3 rings (SSSR count). The topological polar surface area (TPSA) is 56.7 Å². The van der Waals surface area contributed by atoms with Crippen LogP contribution in [0.5, 0.6) is 0 Å². The smallest absolute Gasteiger partial charge is 0.399 e. The first-order valence-electron chi connectivity index (χ1n) is 8.63. The summed E-state index contributed by atoms with van der Waals surface area (Å²) in [5, 5.41) is 3.33. The van der Waals surface area contributed by atoms with E-state index in [9.17, 15) is 35.1 Å². The molecule has 0 fully saturated rings. The van der Waals surface area contributed by atoms with Gasteiger partial charge in [-0.25, -0.2) is 9.67 Å². The molecule has 12 heteroatoms. The molecule has 0 radical (unpaired) electrons. The lowest BCUT2D eigenvalue weighted by atomic mass is 10.1. The average Bonchev–Trinajstić information content (AvgIpc) is 3.08. The molecule has 0 bridgehead atoms. The van der Waals surface area contributed by atoms with Crippen LogP contribution in [0.3, 0.4) is 0 Å². The summed E-state index contributed by atoms with van der Waals surface area (Å²) in [6.45, 7) is 1.33. The quantitative estimate of drug-likeness (QED) is 0.419. The predicted octanol–water partition coefficient (Wildman–Crippen LogP) is 5.56. The predicted molar refractivity (Wildman–Crippen MR) is 95.1 cm³/mol. The second kappa shape index (κ2) is 7.50. The van der Waals surface area contributed by atoms with Crippen molar-refractivity contribution in [3.63, 3.8) is 0 Å². The molecule has 0 spiro atoms. The Kier molecular flexibility index (Phi) is 5.45. The Morgan fingerprint density at radius 1 is 0.903 bits per heavy atom. The summed E-state index contributed by atoms with van der Waals surface area (Å²) in [6.07, 6.45) is -10.6. The van der Waals surface area contributed by atoms with E-state index in [2.05, 4.69) is 10.1 Å². The van der Waals surface area contributed by atoms with Crippen LogP contribution in [-0.4, -0.2) is 20.9 Å². The van der Waals surface area contributed by atoms with Crippen LogP contribution in [0.4, 0.5) is 40.8 Å². The number of benzene rings is 2. The van der Waals surface area contributed by atoms with Gasteiger partial charge in [-0.3, -0.25) is 0 Å². The van der Waals surface area contributed by atoms with Crippen molar-refractivity contribution in [3.05, 3.63) is 65.0 Å². The zero-order chi connectivity index (χ0) is 23.2. The Morgan fingerprint density at radius 3 is 2.06 bits per heavy atom. The summed E-state index contributed by atoms with van der Waals surface area (Å²) in [7, 11) is 0. The molecule has 4 nitrogen and oxygen atoms in total. The minimum absolute atomic E-state index is 0.119. The van der Waals surface area contributed by atoms with Crippen LogP contribution in [0.2, 0.25) is 0 Å². The van der Waals surface area contributed by atoms with Gasteiger partial charge in [0.15, 0.2) is 5.82 Å². The highest BCUT2D eigenvalue weighted by atomic mass is 19.4. The summed E-state index contributed by atoms with van der Waals surface area (Å²) in [4.78, 5) is 3.33. The maximum atomic E-state index is 13.8. The Hall–Kier alpha value is -3.18. The maximum Gasteiger partial charge on any atom is 0.461 e.